The summed E-state index contributed by atoms with van der Waals surface area (Å²) in [5, 5.41) is 0. The Morgan fingerprint density at radius 3 is 3.00 bits per heavy atom. The number of rotatable bonds is 4. The van der Waals surface area contributed by atoms with Crippen LogP contribution in [0.4, 0.5) is 0 Å². The first-order valence-electron chi connectivity index (χ1n) is 3.71. The zero-order chi connectivity index (χ0) is 7.40. The molecule has 0 saturated carbocycles. The minimum absolute atomic E-state index is 0.529. The van der Waals surface area contributed by atoms with Crippen LogP contribution in [0.1, 0.15) is 19.8 Å². The van der Waals surface area contributed by atoms with Gasteiger partial charge in [-0.15, -0.1) is 6.58 Å². The summed E-state index contributed by atoms with van der Waals surface area (Å²) in [6, 6.07) is 0. The Labute approximate surface area is 62.4 Å². The van der Waals surface area contributed by atoms with Gasteiger partial charge in [0.15, 0.2) is 0 Å². The van der Waals surface area contributed by atoms with Gasteiger partial charge in [0, 0.05) is 0 Å². The molecule has 0 amide bonds. The Hall–Kier alpha value is -0.560. The second kappa shape index (κ2) is 3.57. The number of hydrogen-bond acceptors (Lipinski definition) is 1. The first-order valence-corrected chi connectivity index (χ1v) is 3.71. The van der Waals surface area contributed by atoms with E-state index in [1.807, 2.05) is 6.08 Å². The molecule has 0 unspecified atom stereocenters. The molecule has 1 saturated heterocycles. The van der Waals surface area contributed by atoms with Gasteiger partial charge in [0.1, 0.15) is 0 Å². The molecule has 10 heavy (non-hydrogen) atoms. The zero-order valence-electron chi connectivity index (χ0n) is 6.47. The van der Waals surface area contributed by atoms with Crippen LogP contribution in [-0.2, 0) is 4.74 Å². The lowest BCUT2D eigenvalue weighted by Gasteiger charge is -1.93. The third kappa shape index (κ3) is 2.83. The molecule has 0 aromatic heterocycles. The van der Waals surface area contributed by atoms with Gasteiger partial charge in [-0.25, -0.2) is 0 Å². The SMILES string of the molecule is C=CC/C=C(/C)C[C@@H]1CO1. The van der Waals surface area contributed by atoms with Crippen LogP contribution in [-0.4, -0.2) is 12.7 Å². The van der Waals surface area contributed by atoms with Crippen molar-refractivity contribution in [2.75, 3.05) is 6.61 Å². The lowest BCUT2D eigenvalue weighted by atomic mass is 10.1. The van der Waals surface area contributed by atoms with E-state index in [0.717, 1.165) is 19.4 Å². The Morgan fingerprint density at radius 1 is 1.80 bits per heavy atom. The molecule has 0 aliphatic carbocycles. The quantitative estimate of drug-likeness (QED) is 0.429. The number of hydrogen-bond donors (Lipinski definition) is 0. The van der Waals surface area contributed by atoms with E-state index in [0.29, 0.717) is 6.10 Å². The van der Waals surface area contributed by atoms with E-state index in [9.17, 15) is 0 Å². The third-order valence-corrected chi connectivity index (χ3v) is 1.58. The molecule has 56 valence electrons. The van der Waals surface area contributed by atoms with Crippen molar-refractivity contribution in [3.05, 3.63) is 24.3 Å². The maximum absolute atomic E-state index is 5.09. The minimum Gasteiger partial charge on any atom is -0.373 e. The predicted molar refractivity (Wildman–Crippen MR) is 42.9 cm³/mol. The van der Waals surface area contributed by atoms with Gasteiger partial charge in [0.25, 0.3) is 0 Å². The maximum Gasteiger partial charge on any atom is 0.0846 e. The van der Waals surface area contributed by atoms with Crippen molar-refractivity contribution in [2.24, 2.45) is 0 Å². The van der Waals surface area contributed by atoms with Crippen LogP contribution < -0.4 is 0 Å². The van der Waals surface area contributed by atoms with Gasteiger partial charge >= 0.3 is 0 Å². The van der Waals surface area contributed by atoms with Gasteiger partial charge in [-0.05, 0) is 19.8 Å². The molecule has 1 atom stereocenters. The molecular weight excluding hydrogens is 124 g/mol. The van der Waals surface area contributed by atoms with Gasteiger partial charge in [-0.3, -0.25) is 0 Å². The van der Waals surface area contributed by atoms with E-state index in [1.165, 1.54) is 5.57 Å². The van der Waals surface area contributed by atoms with Crippen LogP contribution in [0.2, 0.25) is 0 Å². The van der Waals surface area contributed by atoms with E-state index in [2.05, 4.69) is 19.6 Å². The van der Waals surface area contributed by atoms with Crippen molar-refractivity contribution in [3.63, 3.8) is 0 Å². The summed E-state index contributed by atoms with van der Waals surface area (Å²) in [6.07, 6.45) is 6.74. The largest absolute Gasteiger partial charge is 0.373 e. The highest BCUT2D eigenvalue weighted by molar-refractivity contribution is 5.03. The maximum atomic E-state index is 5.09. The normalized spacial score (nSPS) is 24.5. The average Bonchev–Trinajstić information content (AvgIpc) is 2.67. The van der Waals surface area contributed by atoms with Gasteiger partial charge in [0.2, 0.25) is 0 Å². The van der Waals surface area contributed by atoms with Crippen LogP contribution in [0.5, 0.6) is 0 Å². The summed E-state index contributed by atoms with van der Waals surface area (Å²) in [5.41, 5.74) is 1.42. The molecule has 0 spiro atoms. The lowest BCUT2D eigenvalue weighted by molar-refractivity contribution is 0.407. The number of ether oxygens (including phenoxy) is 1. The van der Waals surface area contributed by atoms with E-state index < -0.39 is 0 Å². The number of allylic oxidation sites excluding steroid dienone is 2. The summed E-state index contributed by atoms with van der Waals surface area (Å²) in [6.45, 7) is 6.75. The first-order chi connectivity index (χ1) is 4.83. The third-order valence-electron chi connectivity index (χ3n) is 1.58. The molecule has 1 heteroatoms. The van der Waals surface area contributed by atoms with Crippen molar-refractivity contribution in [1.82, 2.24) is 0 Å². The van der Waals surface area contributed by atoms with Crippen LogP contribution in [0.25, 0.3) is 0 Å². The predicted octanol–water partition coefficient (Wildman–Crippen LogP) is 2.30. The topological polar surface area (TPSA) is 12.5 Å². The molecule has 1 rings (SSSR count). The molecule has 0 bridgehead atoms. The molecule has 0 N–H and O–H groups in total. The van der Waals surface area contributed by atoms with Gasteiger partial charge in [0.05, 0.1) is 12.7 Å². The molecule has 1 nitrogen and oxygen atoms in total. The van der Waals surface area contributed by atoms with Crippen molar-refractivity contribution < 1.29 is 4.74 Å². The lowest BCUT2D eigenvalue weighted by Crippen LogP contribution is -1.85. The minimum atomic E-state index is 0.529. The highest BCUT2D eigenvalue weighted by Crippen LogP contribution is 2.18. The first kappa shape index (κ1) is 7.55. The van der Waals surface area contributed by atoms with Gasteiger partial charge in [-0.2, -0.15) is 0 Å². The molecule has 1 aliphatic rings. The fourth-order valence-electron chi connectivity index (χ4n) is 0.913. The Bertz CT molecular complexity index is 143. The van der Waals surface area contributed by atoms with Gasteiger partial charge < -0.3 is 4.74 Å². The van der Waals surface area contributed by atoms with Crippen molar-refractivity contribution in [2.45, 2.75) is 25.9 Å². The summed E-state index contributed by atoms with van der Waals surface area (Å²) >= 11 is 0. The van der Waals surface area contributed by atoms with Crippen molar-refractivity contribution in [3.8, 4) is 0 Å². The van der Waals surface area contributed by atoms with Gasteiger partial charge in [-0.1, -0.05) is 17.7 Å². The second-order valence-corrected chi connectivity index (χ2v) is 2.73. The van der Waals surface area contributed by atoms with E-state index in [4.69, 9.17) is 4.74 Å². The van der Waals surface area contributed by atoms with Crippen LogP contribution in [0.3, 0.4) is 0 Å². The van der Waals surface area contributed by atoms with Crippen LogP contribution in [0.15, 0.2) is 24.3 Å². The molecule has 1 aliphatic heterocycles. The highest BCUT2D eigenvalue weighted by Gasteiger charge is 2.21. The molecule has 0 aromatic carbocycles. The van der Waals surface area contributed by atoms with Crippen molar-refractivity contribution >= 4 is 0 Å². The number of epoxide rings is 1. The fourth-order valence-corrected chi connectivity index (χ4v) is 0.913. The summed E-state index contributed by atoms with van der Waals surface area (Å²) in [4.78, 5) is 0. The Morgan fingerprint density at radius 2 is 2.50 bits per heavy atom. The average molecular weight is 138 g/mol. The standard InChI is InChI=1S/C9H14O/c1-3-4-5-8(2)6-9-7-10-9/h3,5,9H,1,4,6-7H2,2H3/b8-5-/t9-/m1/s1. The second-order valence-electron chi connectivity index (χ2n) is 2.73. The van der Waals surface area contributed by atoms with Crippen LogP contribution >= 0.6 is 0 Å². The van der Waals surface area contributed by atoms with E-state index >= 15 is 0 Å². The summed E-state index contributed by atoms with van der Waals surface area (Å²) in [7, 11) is 0. The zero-order valence-corrected chi connectivity index (χ0v) is 6.47. The molecule has 1 fully saturated rings. The Balaban J connectivity index is 2.16. The van der Waals surface area contributed by atoms with Crippen molar-refractivity contribution in [1.29, 1.82) is 0 Å². The van der Waals surface area contributed by atoms with Crippen LogP contribution in [0, 0.1) is 0 Å². The Kier molecular flexibility index (Phi) is 2.69. The summed E-state index contributed by atoms with van der Waals surface area (Å²) in [5.74, 6) is 0. The molecular formula is C9H14O. The summed E-state index contributed by atoms with van der Waals surface area (Å²) < 4.78 is 5.09. The molecule has 0 aromatic rings. The van der Waals surface area contributed by atoms with E-state index in [1.54, 1.807) is 0 Å². The smallest absolute Gasteiger partial charge is 0.0846 e. The highest BCUT2D eigenvalue weighted by atomic mass is 16.6. The van der Waals surface area contributed by atoms with E-state index in [-0.39, 0.29) is 0 Å². The monoisotopic (exact) mass is 138 g/mol. The fraction of sp³-hybridized carbons (Fsp3) is 0.556. The molecule has 0 radical (unpaired) electrons. The molecule has 1 heterocycles.